The number of Topliss-reactive ketones (excluding diaryl/α,β-unsaturated/α-hetero) is 1. The maximum Gasteiger partial charge on any atom is 0.227 e. The summed E-state index contributed by atoms with van der Waals surface area (Å²) in [4.78, 5) is 30.1. The summed E-state index contributed by atoms with van der Waals surface area (Å²) in [7, 11) is 0. The van der Waals surface area contributed by atoms with Crippen LogP contribution in [0.5, 0.6) is 0 Å². The van der Waals surface area contributed by atoms with Gasteiger partial charge in [0.1, 0.15) is 0 Å². The first kappa shape index (κ1) is 14.8. The van der Waals surface area contributed by atoms with Gasteiger partial charge in [0.15, 0.2) is 5.78 Å². The van der Waals surface area contributed by atoms with Gasteiger partial charge in [-0.1, -0.05) is 30.0 Å². The molecule has 1 amide bonds. The quantitative estimate of drug-likeness (QED) is 0.628. The average Bonchev–Trinajstić information content (AvgIpc) is 3.00. The lowest BCUT2D eigenvalue weighted by Crippen LogP contribution is -2.23. The summed E-state index contributed by atoms with van der Waals surface area (Å²) < 4.78 is 0. The van der Waals surface area contributed by atoms with Crippen LogP contribution in [0.2, 0.25) is 0 Å². The number of aromatic nitrogens is 1. The van der Waals surface area contributed by atoms with E-state index >= 15 is 0 Å². The first-order valence-electron chi connectivity index (χ1n) is 7.21. The SMILES string of the molecule is O=C(CSc1ccccn1)c1cccc(N2CCCC2=O)c1. The third kappa shape index (κ3) is 3.36. The number of thioether (sulfide) groups is 1. The molecule has 0 bridgehead atoms. The van der Waals surface area contributed by atoms with E-state index in [1.165, 1.54) is 11.8 Å². The lowest BCUT2D eigenvalue weighted by atomic mass is 10.1. The zero-order valence-electron chi connectivity index (χ0n) is 12.1. The standard InChI is InChI=1S/C17H16N2O2S/c20-15(12-22-16-7-1-2-9-18-16)13-5-3-6-14(11-13)19-10-4-8-17(19)21/h1-3,5-7,9,11H,4,8,10,12H2. The predicted octanol–water partition coefficient (Wildman–Crippen LogP) is 3.18. The first-order chi connectivity index (χ1) is 10.7. The van der Waals surface area contributed by atoms with Crippen molar-refractivity contribution in [2.45, 2.75) is 17.9 Å². The highest BCUT2D eigenvalue weighted by atomic mass is 32.2. The molecule has 22 heavy (non-hydrogen) atoms. The minimum Gasteiger partial charge on any atom is -0.312 e. The molecule has 0 radical (unpaired) electrons. The predicted molar refractivity (Wildman–Crippen MR) is 87.3 cm³/mol. The van der Waals surface area contributed by atoms with Crippen LogP contribution in [0.3, 0.4) is 0 Å². The van der Waals surface area contributed by atoms with E-state index in [2.05, 4.69) is 4.98 Å². The third-order valence-electron chi connectivity index (χ3n) is 3.54. The summed E-state index contributed by atoms with van der Waals surface area (Å²) in [6.45, 7) is 0.735. The molecular weight excluding hydrogens is 296 g/mol. The van der Waals surface area contributed by atoms with Gasteiger partial charge in [-0.3, -0.25) is 9.59 Å². The van der Waals surface area contributed by atoms with Crippen LogP contribution in [0, 0.1) is 0 Å². The lowest BCUT2D eigenvalue weighted by Gasteiger charge is -2.16. The lowest BCUT2D eigenvalue weighted by molar-refractivity contribution is -0.117. The van der Waals surface area contributed by atoms with E-state index in [0.717, 1.165) is 23.7 Å². The summed E-state index contributed by atoms with van der Waals surface area (Å²) >= 11 is 1.42. The minimum atomic E-state index is 0.0455. The number of rotatable bonds is 5. The van der Waals surface area contributed by atoms with Gasteiger partial charge in [-0.05, 0) is 30.7 Å². The van der Waals surface area contributed by atoms with E-state index in [0.29, 0.717) is 17.7 Å². The van der Waals surface area contributed by atoms with Gasteiger partial charge in [-0.25, -0.2) is 4.98 Å². The Labute approximate surface area is 133 Å². The summed E-state index contributed by atoms with van der Waals surface area (Å²) in [6.07, 6.45) is 3.19. The highest BCUT2D eigenvalue weighted by Crippen LogP contribution is 2.23. The number of pyridine rings is 1. The fourth-order valence-electron chi connectivity index (χ4n) is 2.42. The van der Waals surface area contributed by atoms with E-state index in [1.54, 1.807) is 17.2 Å². The Morgan fingerprint density at radius 3 is 2.86 bits per heavy atom. The van der Waals surface area contributed by atoms with Crippen molar-refractivity contribution in [1.82, 2.24) is 4.98 Å². The van der Waals surface area contributed by atoms with Crippen LogP contribution >= 0.6 is 11.8 Å². The Hall–Kier alpha value is -2.14. The van der Waals surface area contributed by atoms with Crippen LogP contribution in [-0.4, -0.2) is 29.0 Å². The van der Waals surface area contributed by atoms with Crippen molar-refractivity contribution < 1.29 is 9.59 Å². The van der Waals surface area contributed by atoms with Gasteiger partial charge in [0.05, 0.1) is 10.8 Å². The minimum absolute atomic E-state index is 0.0455. The van der Waals surface area contributed by atoms with Crippen LogP contribution in [-0.2, 0) is 4.79 Å². The number of ketones is 1. The van der Waals surface area contributed by atoms with Crippen molar-refractivity contribution in [2.24, 2.45) is 0 Å². The number of hydrogen-bond acceptors (Lipinski definition) is 4. The zero-order valence-corrected chi connectivity index (χ0v) is 12.9. The van der Waals surface area contributed by atoms with Gasteiger partial charge in [0.25, 0.3) is 0 Å². The van der Waals surface area contributed by atoms with Gasteiger partial charge in [-0.2, -0.15) is 0 Å². The molecule has 0 atom stereocenters. The van der Waals surface area contributed by atoms with E-state index in [1.807, 2.05) is 36.4 Å². The van der Waals surface area contributed by atoms with Crippen molar-refractivity contribution in [2.75, 3.05) is 17.2 Å². The molecule has 2 heterocycles. The zero-order chi connectivity index (χ0) is 15.4. The summed E-state index contributed by atoms with van der Waals surface area (Å²) in [5.74, 6) is 0.519. The number of carbonyl (C=O) groups is 2. The molecule has 1 aromatic carbocycles. The van der Waals surface area contributed by atoms with Crippen LogP contribution < -0.4 is 4.90 Å². The molecule has 0 N–H and O–H groups in total. The molecule has 2 aromatic rings. The average molecular weight is 312 g/mol. The van der Waals surface area contributed by atoms with Crippen LogP contribution in [0.25, 0.3) is 0 Å². The Balaban J connectivity index is 1.69. The fraction of sp³-hybridized carbons (Fsp3) is 0.235. The summed E-state index contributed by atoms with van der Waals surface area (Å²) in [5, 5.41) is 0.835. The number of carbonyl (C=O) groups excluding carboxylic acids is 2. The van der Waals surface area contributed by atoms with Crippen LogP contribution in [0.4, 0.5) is 5.69 Å². The van der Waals surface area contributed by atoms with E-state index < -0.39 is 0 Å². The molecule has 0 saturated carbocycles. The van der Waals surface area contributed by atoms with Crippen molar-refractivity contribution in [3.8, 4) is 0 Å². The van der Waals surface area contributed by atoms with Crippen molar-refractivity contribution in [3.05, 3.63) is 54.2 Å². The molecule has 0 aliphatic carbocycles. The number of amides is 1. The molecule has 0 unspecified atom stereocenters. The van der Waals surface area contributed by atoms with Crippen molar-refractivity contribution >= 4 is 29.1 Å². The Bertz CT molecular complexity index is 688. The van der Waals surface area contributed by atoms with Gasteiger partial charge < -0.3 is 4.90 Å². The van der Waals surface area contributed by atoms with E-state index in [-0.39, 0.29) is 11.7 Å². The van der Waals surface area contributed by atoms with Gasteiger partial charge in [0, 0.05) is 30.4 Å². The number of anilines is 1. The van der Waals surface area contributed by atoms with Crippen molar-refractivity contribution in [1.29, 1.82) is 0 Å². The molecule has 0 spiro atoms. The van der Waals surface area contributed by atoms with Crippen LogP contribution in [0.15, 0.2) is 53.7 Å². The van der Waals surface area contributed by atoms with Crippen LogP contribution in [0.1, 0.15) is 23.2 Å². The van der Waals surface area contributed by atoms with E-state index in [9.17, 15) is 9.59 Å². The number of nitrogens with zero attached hydrogens (tertiary/aromatic N) is 2. The summed E-state index contributed by atoms with van der Waals surface area (Å²) in [5.41, 5.74) is 1.46. The van der Waals surface area contributed by atoms with Gasteiger partial charge in [0.2, 0.25) is 5.91 Å². The number of benzene rings is 1. The molecule has 1 aromatic heterocycles. The molecule has 1 fully saturated rings. The van der Waals surface area contributed by atoms with E-state index in [4.69, 9.17) is 0 Å². The molecule has 3 rings (SSSR count). The largest absolute Gasteiger partial charge is 0.312 e. The van der Waals surface area contributed by atoms with Gasteiger partial charge >= 0.3 is 0 Å². The second-order valence-corrected chi connectivity index (χ2v) is 6.07. The Morgan fingerprint density at radius 2 is 2.14 bits per heavy atom. The topological polar surface area (TPSA) is 50.3 Å². The fourth-order valence-corrected chi connectivity index (χ4v) is 3.18. The normalized spacial score (nSPS) is 14.4. The highest BCUT2D eigenvalue weighted by molar-refractivity contribution is 7.99. The molecule has 4 nitrogen and oxygen atoms in total. The monoisotopic (exact) mass is 312 g/mol. The van der Waals surface area contributed by atoms with Crippen molar-refractivity contribution in [3.63, 3.8) is 0 Å². The second kappa shape index (κ2) is 6.75. The maximum atomic E-state index is 12.3. The Morgan fingerprint density at radius 1 is 1.23 bits per heavy atom. The smallest absolute Gasteiger partial charge is 0.227 e. The third-order valence-corrected chi connectivity index (χ3v) is 4.49. The summed E-state index contributed by atoms with van der Waals surface area (Å²) in [6, 6.07) is 13.0. The number of hydrogen-bond donors (Lipinski definition) is 0. The molecule has 5 heteroatoms. The molecule has 1 aliphatic rings. The van der Waals surface area contributed by atoms with Gasteiger partial charge in [-0.15, -0.1) is 0 Å². The highest BCUT2D eigenvalue weighted by Gasteiger charge is 2.22. The maximum absolute atomic E-state index is 12.3. The molecule has 1 aliphatic heterocycles. The second-order valence-electron chi connectivity index (χ2n) is 5.08. The molecular formula is C17H16N2O2S. The molecule has 1 saturated heterocycles. The Kier molecular flexibility index (Phi) is 4.53. The first-order valence-corrected chi connectivity index (χ1v) is 8.20. The molecule has 112 valence electrons.